The van der Waals surface area contributed by atoms with E-state index in [1.54, 1.807) is 0 Å². The van der Waals surface area contributed by atoms with Crippen molar-refractivity contribution < 1.29 is 46.5 Å². The first kappa shape index (κ1) is 23.5. The molecule has 0 aliphatic heterocycles. The number of aliphatic carboxylic acids is 1. The first-order valence-electron chi connectivity index (χ1n) is 9.06. The number of aromatic hydroxyl groups is 1. The van der Waals surface area contributed by atoms with E-state index in [9.17, 15) is 36.6 Å². The van der Waals surface area contributed by atoms with E-state index >= 15 is 0 Å². The minimum Gasteiger partial charge on any atom is -0.493 e. The first-order valence-corrected chi connectivity index (χ1v) is 9.06. The molecule has 0 aliphatic carbocycles. The second kappa shape index (κ2) is 9.14. The van der Waals surface area contributed by atoms with Crippen LogP contribution in [0.15, 0.2) is 48.5 Å². The van der Waals surface area contributed by atoms with Crippen LogP contribution < -0.4 is 10.1 Å². The number of amides is 1. The van der Waals surface area contributed by atoms with Gasteiger partial charge >= 0.3 is 12.3 Å². The smallest absolute Gasteiger partial charge is 0.493 e. The zero-order valence-corrected chi connectivity index (χ0v) is 16.3. The molecule has 0 bridgehead atoms. The van der Waals surface area contributed by atoms with Gasteiger partial charge in [-0.2, -0.15) is 9.78 Å². The maximum atomic E-state index is 14.0. The molecule has 1 heterocycles. The lowest BCUT2D eigenvalue weighted by Gasteiger charge is -2.17. The van der Waals surface area contributed by atoms with Crippen LogP contribution in [-0.2, 0) is 4.79 Å². The van der Waals surface area contributed by atoms with Gasteiger partial charge in [-0.25, -0.2) is 8.78 Å². The van der Waals surface area contributed by atoms with E-state index < -0.39 is 59.7 Å². The Labute approximate surface area is 181 Å². The van der Waals surface area contributed by atoms with Crippen molar-refractivity contribution in [1.29, 1.82) is 0 Å². The molecule has 1 aromatic heterocycles. The Morgan fingerprint density at radius 1 is 1.09 bits per heavy atom. The van der Waals surface area contributed by atoms with Gasteiger partial charge in [-0.15, -0.1) is 13.2 Å². The molecule has 174 valence electrons. The number of carboxylic acids is 1. The van der Waals surface area contributed by atoms with Gasteiger partial charge in [0.1, 0.15) is 17.3 Å². The van der Waals surface area contributed by atoms with E-state index in [0.29, 0.717) is 10.7 Å². The fraction of sp³-hybridized carbons (Fsp3) is 0.150. The maximum absolute atomic E-state index is 14.0. The van der Waals surface area contributed by atoms with Gasteiger partial charge in [0, 0.05) is 12.1 Å². The van der Waals surface area contributed by atoms with Gasteiger partial charge in [-0.05, 0) is 29.8 Å². The summed E-state index contributed by atoms with van der Waals surface area (Å²) in [5.74, 6) is -5.42. The number of hydrogen-bond donors (Lipinski definition) is 3. The summed E-state index contributed by atoms with van der Waals surface area (Å²) in [6, 6.07) is 6.29. The third kappa shape index (κ3) is 5.96. The Balaban J connectivity index is 1.83. The number of benzene rings is 2. The molecular weight excluding hydrogens is 457 g/mol. The third-order valence-corrected chi connectivity index (χ3v) is 4.26. The van der Waals surface area contributed by atoms with Crippen LogP contribution in [0, 0.1) is 11.6 Å². The average molecular weight is 471 g/mol. The Bertz CT molecular complexity index is 1180. The fourth-order valence-electron chi connectivity index (χ4n) is 2.87. The molecule has 0 radical (unpaired) electrons. The van der Waals surface area contributed by atoms with Crippen LogP contribution in [0.1, 0.15) is 28.5 Å². The summed E-state index contributed by atoms with van der Waals surface area (Å²) in [4.78, 5) is 23.8. The fourth-order valence-corrected chi connectivity index (χ4v) is 2.87. The normalized spacial score (nSPS) is 12.3. The summed E-state index contributed by atoms with van der Waals surface area (Å²) >= 11 is 0. The van der Waals surface area contributed by atoms with E-state index in [1.165, 1.54) is 0 Å². The van der Waals surface area contributed by atoms with E-state index in [2.05, 4.69) is 15.2 Å². The molecule has 1 amide bonds. The molecule has 0 fully saturated rings. The number of carboxylic acid groups (broad SMARTS) is 1. The molecule has 0 saturated carbocycles. The third-order valence-electron chi connectivity index (χ3n) is 4.26. The molecule has 0 aliphatic rings. The number of nitrogens with one attached hydrogen (secondary N) is 1. The zero-order valence-electron chi connectivity index (χ0n) is 16.3. The number of alkyl halides is 3. The molecule has 33 heavy (non-hydrogen) atoms. The Morgan fingerprint density at radius 2 is 1.76 bits per heavy atom. The van der Waals surface area contributed by atoms with Gasteiger partial charge in [0.2, 0.25) is 5.88 Å². The highest BCUT2D eigenvalue weighted by atomic mass is 19.4. The number of halogens is 5. The monoisotopic (exact) mass is 471 g/mol. The van der Waals surface area contributed by atoms with Gasteiger partial charge < -0.3 is 20.3 Å². The van der Waals surface area contributed by atoms with Crippen molar-refractivity contribution in [3.05, 3.63) is 71.4 Å². The van der Waals surface area contributed by atoms with Crippen molar-refractivity contribution in [3.8, 4) is 17.3 Å². The first-order chi connectivity index (χ1) is 15.4. The number of hydrogen-bond acceptors (Lipinski definition) is 5. The number of rotatable bonds is 7. The second-order valence-corrected chi connectivity index (χ2v) is 6.64. The molecule has 3 aromatic rings. The molecule has 3 rings (SSSR count). The number of nitrogens with zero attached hydrogens (tertiary/aromatic N) is 2. The van der Waals surface area contributed by atoms with Crippen LogP contribution in [0.2, 0.25) is 0 Å². The number of carbonyl (C=O) groups excluding carboxylic acids is 1. The number of aromatic nitrogens is 2. The second-order valence-electron chi connectivity index (χ2n) is 6.64. The molecule has 8 nitrogen and oxygen atoms in total. The van der Waals surface area contributed by atoms with Crippen LogP contribution in [0.4, 0.5) is 22.0 Å². The maximum Gasteiger partial charge on any atom is 0.573 e. The summed E-state index contributed by atoms with van der Waals surface area (Å²) in [6.45, 7) is 0. The molecule has 0 spiro atoms. The summed E-state index contributed by atoms with van der Waals surface area (Å²) in [5, 5.41) is 25.2. The van der Waals surface area contributed by atoms with E-state index in [4.69, 9.17) is 5.11 Å². The molecular formula is C20H14F5N3O5. The molecule has 3 N–H and O–H groups in total. The summed E-state index contributed by atoms with van der Waals surface area (Å²) in [5.41, 5.74) is -0.632. The zero-order chi connectivity index (χ0) is 24.3. The van der Waals surface area contributed by atoms with E-state index in [1.807, 2.05) is 0 Å². The van der Waals surface area contributed by atoms with Gasteiger partial charge in [-0.1, -0.05) is 12.1 Å². The average Bonchev–Trinajstić information content (AvgIpc) is 3.08. The molecule has 1 atom stereocenters. The van der Waals surface area contributed by atoms with Gasteiger partial charge in [0.15, 0.2) is 11.5 Å². The topological polar surface area (TPSA) is 114 Å². The van der Waals surface area contributed by atoms with Crippen molar-refractivity contribution >= 4 is 11.9 Å². The highest BCUT2D eigenvalue weighted by molar-refractivity contribution is 5.93. The number of carbonyl (C=O) groups is 2. The molecule has 13 heteroatoms. The highest BCUT2D eigenvalue weighted by Crippen LogP contribution is 2.26. The minimum atomic E-state index is -4.92. The Morgan fingerprint density at radius 3 is 2.33 bits per heavy atom. The van der Waals surface area contributed by atoms with Gasteiger partial charge in [0.25, 0.3) is 5.91 Å². The van der Waals surface area contributed by atoms with Crippen LogP contribution in [0.3, 0.4) is 0 Å². The van der Waals surface area contributed by atoms with E-state index in [0.717, 1.165) is 42.5 Å². The highest BCUT2D eigenvalue weighted by Gasteiger charge is 2.31. The number of ether oxygens (including phenoxy) is 1. The lowest BCUT2D eigenvalue weighted by Crippen LogP contribution is -2.30. The summed E-state index contributed by atoms with van der Waals surface area (Å²) in [7, 11) is 0. The molecule has 1 unspecified atom stereocenters. The predicted octanol–water partition coefficient (Wildman–Crippen LogP) is 3.70. The van der Waals surface area contributed by atoms with Gasteiger partial charge in [-0.3, -0.25) is 9.59 Å². The quantitative estimate of drug-likeness (QED) is 0.453. The summed E-state index contributed by atoms with van der Waals surface area (Å²) < 4.78 is 68.4. The van der Waals surface area contributed by atoms with Crippen molar-refractivity contribution in [2.24, 2.45) is 0 Å². The Kier molecular flexibility index (Phi) is 6.51. The predicted molar refractivity (Wildman–Crippen MR) is 101 cm³/mol. The van der Waals surface area contributed by atoms with Crippen LogP contribution in [0.25, 0.3) is 5.69 Å². The summed E-state index contributed by atoms with van der Waals surface area (Å²) in [6.07, 6.45) is -5.55. The lowest BCUT2D eigenvalue weighted by atomic mass is 10.0. The van der Waals surface area contributed by atoms with Crippen LogP contribution in [0.5, 0.6) is 11.6 Å². The van der Waals surface area contributed by atoms with Gasteiger partial charge in [0.05, 0.1) is 12.5 Å². The van der Waals surface area contributed by atoms with Crippen molar-refractivity contribution in [3.63, 3.8) is 0 Å². The van der Waals surface area contributed by atoms with Crippen molar-refractivity contribution in [1.82, 2.24) is 15.1 Å². The SMILES string of the molecule is O=C(O)CC(NC(=O)c1cc(O)n(-c2ccc(F)cc2F)n1)c1ccc(OC(F)(F)F)cc1. The lowest BCUT2D eigenvalue weighted by molar-refractivity contribution is -0.274. The van der Waals surface area contributed by atoms with Crippen molar-refractivity contribution in [2.75, 3.05) is 0 Å². The Hall–Kier alpha value is -4.16. The minimum absolute atomic E-state index is 0.147. The van der Waals surface area contributed by atoms with Crippen molar-refractivity contribution in [2.45, 2.75) is 18.8 Å². The largest absolute Gasteiger partial charge is 0.573 e. The standard InChI is InChI=1S/C20H14F5N3O5/c21-11-3-6-16(13(22)7-11)28-17(29)8-15(27-28)19(32)26-14(9-18(30)31)10-1-4-12(5-2-10)33-20(23,24)25/h1-8,14,29H,9H2,(H,26,32)(H,30,31). The molecule has 2 aromatic carbocycles. The molecule has 0 saturated heterocycles. The van der Waals surface area contributed by atoms with Crippen LogP contribution in [-0.4, -0.2) is 38.2 Å². The van der Waals surface area contributed by atoms with E-state index in [-0.39, 0.29) is 11.3 Å². The van der Waals surface area contributed by atoms with Crippen LogP contribution >= 0.6 is 0 Å².